The Balaban J connectivity index is 1.70. The van der Waals surface area contributed by atoms with Crippen molar-refractivity contribution >= 4 is 35.6 Å². The van der Waals surface area contributed by atoms with Gasteiger partial charge in [-0.3, -0.25) is 19.2 Å². The molecule has 2 saturated heterocycles. The highest BCUT2D eigenvalue weighted by molar-refractivity contribution is 6.01. The van der Waals surface area contributed by atoms with E-state index in [0.29, 0.717) is 51.6 Å². The summed E-state index contributed by atoms with van der Waals surface area (Å²) in [5.41, 5.74) is 0.503. The second-order valence-corrected chi connectivity index (χ2v) is 12.3. The van der Waals surface area contributed by atoms with Crippen molar-refractivity contribution in [1.29, 1.82) is 0 Å². The molecule has 12 heteroatoms. The summed E-state index contributed by atoms with van der Waals surface area (Å²) < 4.78 is 9.73. The highest BCUT2D eigenvalue weighted by Gasteiger charge is 2.40. The van der Waals surface area contributed by atoms with Gasteiger partial charge >= 0.3 is 11.9 Å². The molecule has 0 spiro atoms. The average molecular weight is 615 g/mol. The van der Waals surface area contributed by atoms with Crippen molar-refractivity contribution in [2.24, 2.45) is 11.8 Å². The van der Waals surface area contributed by atoms with Crippen molar-refractivity contribution in [3.05, 3.63) is 35.4 Å². The Kier molecular flexibility index (Phi) is 12.3. The van der Waals surface area contributed by atoms with Crippen molar-refractivity contribution in [2.45, 2.75) is 90.4 Å². The largest absolute Gasteiger partial charge is 0.467 e. The second-order valence-electron chi connectivity index (χ2n) is 12.3. The number of hydrogen-bond acceptors (Lipinski definition) is 8. The number of carbonyl (C=O) groups is 6. The SMILES string of the molecule is COC(=O)[C@@H]1CCCN1C(=O)[C@H](CC(C)C)NC(=O)c1ccc(C(=O)N[C@@H](CC(C)C)C(=O)N2CCC[C@H]2C(=O)OC)cc1. The summed E-state index contributed by atoms with van der Waals surface area (Å²) in [6, 6.07) is 2.95. The van der Waals surface area contributed by atoms with Gasteiger partial charge in [0.05, 0.1) is 14.2 Å². The lowest BCUT2D eigenvalue weighted by Gasteiger charge is -2.29. The minimum atomic E-state index is -0.835. The first-order chi connectivity index (χ1) is 20.9. The zero-order valence-electron chi connectivity index (χ0n) is 26.6. The Morgan fingerprint density at radius 3 is 1.32 bits per heavy atom. The van der Waals surface area contributed by atoms with Gasteiger partial charge in [0.25, 0.3) is 11.8 Å². The van der Waals surface area contributed by atoms with Gasteiger partial charge in [0, 0.05) is 24.2 Å². The standard InChI is InChI=1S/C32H46N4O8/c1-19(2)17-23(29(39)35-15-7-9-25(35)31(41)43-5)33-27(37)21-11-13-22(14-12-21)28(38)34-24(18-20(3)4)30(40)36-16-8-10-26(36)32(42)44-6/h11-14,19-20,23-26H,7-10,15-18H2,1-6H3,(H,33,37)(H,34,38)/t23-,24-,25-,26-/m0/s1. The molecule has 2 N–H and O–H groups in total. The van der Waals surface area contributed by atoms with E-state index < -0.39 is 47.9 Å². The van der Waals surface area contributed by atoms with Gasteiger partial charge in [0.2, 0.25) is 11.8 Å². The maximum Gasteiger partial charge on any atom is 0.328 e. The number of hydrogen-bond donors (Lipinski definition) is 2. The maximum absolute atomic E-state index is 13.4. The van der Waals surface area contributed by atoms with Crippen LogP contribution >= 0.6 is 0 Å². The van der Waals surface area contributed by atoms with E-state index in [1.165, 1.54) is 48.3 Å². The summed E-state index contributed by atoms with van der Waals surface area (Å²) in [5.74, 6) is -2.38. The number of esters is 2. The molecule has 0 saturated carbocycles. The summed E-state index contributed by atoms with van der Waals surface area (Å²) in [6.45, 7) is 8.59. The molecule has 1 aromatic rings. The third-order valence-corrected chi connectivity index (χ3v) is 8.05. The van der Waals surface area contributed by atoms with E-state index in [1.807, 2.05) is 27.7 Å². The van der Waals surface area contributed by atoms with Crippen LogP contribution in [0.5, 0.6) is 0 Å². The van der Waals surface area contributed by atoms with Crippen molar-refractivity contribution in [2.75, 3.05) is 27.3 Å². The van der Waals surface area contributed by atoms with E-state index in [0.717, 1.165) is 0 Å². The molecule has 2 heterocycles. The summed E-state index contributed by atoms with van der Waals surface area (Å²) in [7, 11) is 2.58. The number of ether oxygens (including phenoxy) is 2. The van der Waals surface area contributed by atoms with Crippen LogP contribution in [0, 0.1) is 11.8 Å². The molecule has 2 aliphatic heterocycles. The van der Waals surface area contributed by atoms with Crippen LogP contribution in [0.2, 0.25) is 0 Å². The molecule has 1 aromatic carbocycles. The van der Waals surface area contributed by atoms with Crippen molar-refractivity contribution in [1.82, 2.24) is 20.4 Å². The van der Waals surface area contributed by atoms with Gasteiger partial charge in [-0.05, 0) is 74.6 Å². The second kappa shape index (κ2) is 15.7. The summed E-state index contributed by atoms with van der Waals surface area (Å²) in [5, 5.41) is 5.63. The quantitative estimate of drug-likeness (QED) is 0.341. The van der Waals surface area contributed by atoms with Gasteiger partial charge in [-0.25, -0.2) is 9.59 Å². The van der Waals surface area contributed by atoms with E-state index >= 15 is 0 Å². The molecule has 0 radical (unpaired) electrons. The predicted molar refractivity (Wildman–Crippen MR) is 161 cm³/mol. The third-order valence-electron chi connectivity index (χ3n) is 8.05. The number of nitrogens with zero attached hydrogens (tertiary/aromatic N) is 2. The summed E-state index contributed by atoms with van der Waals surface area (Å²) >= 11 is 0. The van der Waals surface area contributed by atoms with Crippen LogP contribution in [0.1, 0.15) is 86.9 Å². The highest BCUT2D eigenvalue weighted by atomic mass is 16.5. The molecule has 0 aliphatic carbocycles. The zero-order valence-corrected chi connectivity index (χ0v) is 26.6. The maximum atomic E-state index is 13.4. The minimum absolute atomic E-state index is 0.0967. The molecule has 4 amide bonds. The average Bonchev–Trinajstić information content (AvgIpc) is 3.69. The molecule has 2 fully saturated rings. The Hall–Kier alpha value is -3.96. The van der Waals surface area contributed by atoms with Gasteiger partial charge in [-0.1, -0.05) is 27.7 Å². The highest BCUT2D eigenvalue weighted by Crippen LogP contribution is 2.23. The van der Waals surface area contributed by atoms with Crippen LogP contribution in [-0.2, 0) is 28.7 Å². The van der Waals surface area contributed by atoms with Crippen LogP contribution in [-0.4, -0.2) is 96.8 Å². The number of rotatable bonds is 12. The van der Waals surface area contributed by atoms with Gasteiger partial charge < -0.3 is 29.9 Å². The molecule has 0 bridgehead atoms. The molecule has 2 aliphatic rings. The minimum Gasteiger partial charge on any atom is -0.467 e. The van der Waals surface area contributed by atoms with Crippen molar-refractivity contribution in [3.63, 3.8) is 0 Å². The van der Waals surface area contributed by atoms with Gasteiger partial charge in [-0.15, -0.1) is 0 Å². The van der Waals surface area contributed by atoms with E-state index in [2.05, 4.69) is 10.6 Å². The molecule has 0 aromatic heterocycles. The number of benzene rings is 1. The van der Waals surface area contributed by atoms with Crippen LogP contribution in [0.4, 0.5) is 0 Å². The van der Waals surface area contributed by atoms with E-state index in [-0.39, 0.29) is 34.8 Å². The number of likely N-dealkylation sites (tertiary alicyclic amines) is 2. The van der Waals surface area contributed by atoms with Gasteiger partial charge in [-0.2, -0.15) is 0 Å². The fourth-order valence-electron chi connectivity index (χ4n) is 5.87. The predicted octanol–water partition coefficient (Wildman–Crippen LogP) is 2.30. The Bertz CT molecular complexity index is 1120. The van der Waals surface area contributed by atoms with Crippen molar-refractivity contribution in [3.8, 4) is 0 Å². The van der Waals surface area contributed by atoms with Crippen LogP contribution < -0.4 is 10.6 Å². The third kappa shape index (κ3) is 8.57. The summed E-state index contributed by atoms with van der Waals surface area (Å²) in [4.78, 5) is 80.6. The fourth-order valence-corrected chi connectivity index (χ4v) is 5.87. The Morgan fingerprint density at radius 1 is 0.682 bits per heavy atom. The first-order valence-corrected chi connectivity index (χ1v) is 15.4. The van der Waals surface area contributed by atoms with Crippen LogP contribution in [0.15, 0.2) is 24.3 Å². The zero-order chi connectivity index (χ0) is 32.6. The molecule has 0 unspecified atom stereocenters. The molecular formula is C32H46N4O8. The lowest BCUT2D eigenvalue weighted by atomic mass is 10.0. The number of carbonyl (C=O) groups excluding carboxylic acids is 6. The topological polar surface area (TPSA) is 151 Å². The van der Waals surface area contributed by atoms with Crippen molar-refractivity contribution < 1.29 is 38.2 Å². The number of methoxy groups -OCH3 is 2. The lowest BCUT2D eigenvalue weighted by Crippen LogP contribution is -2.52. The van der Waals surface area contributed by atoms with Crippen LogP contribution in [0.25, 0.3) is 0 Å². The molecular weight excluding hydrogens is 568 g/mol. The molecule has 12 nitrogen and oxygen atoms in total. The molecule has 44 heavy (non-hydrogen) atoms. The Morgan fingerprint density at radius 2 is 1.02 bits per heavy atom. The van der Waals surface area contributed by atoms with E-state index in [1.54, 1.807) is 0 Å². The normalized spacial score (nSPS) is 19.5. The van der Waals surface area contributed by atoms with Gasteiger partial charge in [0.15, 0.2) is 0 Å². The smallest absolute Gasteiger partial charge is 0.328 e. The van der Waals surface area contributed by atoms with E-state index in [9.17, 15) is 28.8 Å². The fraction of sp³-hybridized carbons (Fsp3) is 0.625. The first-order valence-electron chi connectivity index (χ1n) is 15.4. The monoisotopic (exact) mass is 614 g/mol. The van der Waals surface area contributed by atoms with Gasteiger partial charge in [0.1, 0.15) is 24.2 Å². The summed E-state index contributed by atoms with van der Waals surface area (Å²) in [6.07, 6.45) is 3.13. The van der Waals surface area contributed by atoms with Crippen LogP contribution in [0.3, 0.4) is 0 Å². The Labute approximate surface area is 259 Å². The molecule has 242 valence electrons. The molecule has 4 atom stereocenters. The first kappa shape index (κ1) is 34.5. The number of amides is 4. The number of nitrogens with one attached hydrogen (secondary N) is 2. The molecule has 3 rings (SSSR count). The van der Waals surface area contributed by atoms with E-state index in [4.69, 9.17) is 9.47 Å². The lowest BCUT2D eigenvalue weighted by molar-refractivity contribution is -0.151.